The summed E-state index contributed by atoms with van der Waals surface area (Å²) in [5.74, 6) is 0.519. The molecule has 116 valence electrons. The second-order valence-corrected chi connectivity index (χ2v) is 5.28. The highest BCUT2D eigenvalue weighted by Gasteiger charge is 2.20. The van der Waals surface area contributed by atoms with Gasteiger partial charge in [0.1, 0.15) is 11.4 Å². The van der Waals surface area contributed by atoms with Crippen LogP contribution >= 0.6 is 0 Å². The molecule has 5 nitrogen and oxygen atoms in total. The molecule has 22 heavy (non-hydrogen) atoms. The van der Waals surface area contributed by atoms with Crippen LogP contribution in [0.3, 0.4) is 0 Å². The Morgan fingerprint density at radius 2 is 2.00 bits per heavy atom. The van der Waals surface area contributed by atoms with Crippen LogP contribution in [0.25, 0.3) is 0 Å². The molecule has 0 fully saturated rings. The Balaban J connectivity index is 2.27. The zero-order valence-corrected chi connectivity index (χ0v) is 13.2. The molecule has 5 heteroatoms. The van der Waals surface area contributed by atoms with Gasteiger partial charge in [0.05, 0.1) is 13.2 Å². The van der Waals surface area contributed by atoms with E-state index in [-0.39, 0.29) is 17.4 Å². The van der Waals surface area contributed by atoms with E-state index in [0.29, 0.717) is 11.4 Å². The third kappa shape index (κ3) is 3.36. The van der Waals surface area contributed by atoms with Crippen LogP contribution in [0.5, 0.6) is 5.75 Å². The van der Waals surface area contributed by atoms with E-state index in [1.165, 1.54) is 12.1 Å². The maximum Gasteiger partial charge on any atom is 0.270 e. The van der Waals surface area contributed by atoms with Crippen LogP contribution in [0.15, 0.2) is 41.2 Å². The lowest BCUT2D eigenvalue weighted by Crippen LogP contribution is -2.31. The third-order valence-corrected chi connectivity index (χ3v) is 3.69. The average Bonchev–Trinajstić information content (AvgIpc) is 2.51. The number of pyridine rings is 1. The minimum Gasteiger partial charge on any atom is -0.497 e. The van der Waals surface area contributed by atoms with Crippen LogP contribution in [0.1, 0.15) is 34.7 Å². The zero-order valence-electron chi connectivity index (χ0n) is 13.2. The van der Waals surface area contributed by atoms with E-state index in [1.807, 2.05) is 31.2 Å². The number of hydrogen-bond donors (Lipinski definition) is 1. The minimum atomic E-state index is -0.226. The Hall–Kier alpha value is -2.56. The highest BCUT2D eigenvalue weighted by molar-refractivity contribution is 5.92. The molecule has 1 N–H and O–H groups in total. The van der Waals surface area contributed by atoms with Crippen molar-refractivity contribution in [2.45, 2.75) is 19.9 Å². The van der Waals surface area contributed by atoms with Gasteiger partial charge in [-0.05, 0) is 31.5 Å². The Morgan fingerprint density at radius 3 is 2.64 bits per heavy atom. The van der Waals surface area contributed by atoms with Gasteiger partial charge in [0, 0.05) is 24.9 Å². The number of carbonyl (C=O) groups is 1. The second kappa shape index (κ2) is 6.47. The molecule has 1 amide bonds. The van der Waals surface area contributed by atoms with Crippen molar-refractivity contribution in [3.8, 4) is 5.75 Å². The molecule has 0 aliphatic heterocycles. The second-order valence-electron chi connectivity index (χ2n) is 5.28. The van der Waals surface area contributed by atoms with Gasteiger partial charge < -0.3 is 14.6 Å². The number of aryl methyl sites for hydroxylation is 1. The van der Waals surface area contributed by atoms with Crippen molar-refractivity contribution in [3.63, 3.8) is 0 Å². The van der Waals surface area contributed by atoms with Crippen molar-refractivity contribution < 1.29 is 9.53 Å². The highest BCUT2D eigenvalue weighted by Crippen LogP contribution is 2.23. The molecule has 0 saturated carbocycles. The SMILES string of the molecule is COc1cccc([C@@H](C)N(C)C(=O)c2cc(=O)cc(C)[nH]2)c1. The van der Waals surface area contributed by atoms with Crippen LogP contribution in [-0.2, 0) is 0 Å². The van der Waals surface area contributed by atoms with Crippen LogP contribution in [0.4, 0.5) is 0 Å². The van der Waals surface area contributed by atoms with Crippen molar-refractivity contribution in [1.82, 2.24) is 9.88 Å². The largest absolute Gasteiger partial charge is 0.497 e. The maximum atomic E-state index is 12.5. The lowest BCUT2D eigenvalue weighted by molar-refractivity contribution is 0.0736. The van der Waals surface area contributed by atoms with Gasteiger partial charge in [0.15, 0.2) is 5.43 Å². The van der Waals surface area contributed by atoms with E-state index in [0.717, 1.165) is 11.3 Å². The average molecular weight is 300 g/mol. The number of benzene rings is 1. The summed E-state index contributed by atoms with van der Waals surface area (Å²) in [6.07, 6.45) is 0. The third-order valence-electron chi connectivity index (χ3n) is 3.69. The van der Waals surface area contributed by atoms with Gasteiger partial charge in [-0.25, -0.2) is 0 Å². The first kappa shape index (κ1) is 15.8. The van der Waals surface area contributed by atoms with Crippen molar-refractivity contribution in [1.29, 1.82) is 0 Å². The number of ether oxygens (including phenoxy) is 1. The molecule has 2 rings (SSSR count). The highest BCUT2D eigenvalue weighted by atomic mass is 16.5. The monoisotopic (exact) mass is 300 g/mol. The van der Waals surface area contributed by atoms with E-state index in [9.17, 15) is 9.59 Å². The Morgan fingerprint density at radius 1 is 1.27 bits per heavy atom. The van der Waals surface area contributed by atoms with E-state index in [4.69, 9.17) is 4.74 Å². The zero-order chi connectivity index (χ0) is 16.3. The van der Waals surface area contributed by atoms with Crippen molar-refractivity contribution in [2.24, 2.45) is 0 Å². The molecule has 1 aromatic carbocycles. The van der Waals surface area contributed by atoms with Gasteiger partial charge in [-0.3, -0.25) is 9.59 Å². The minimum absolute atomic E-state index is 0.147. The molecule has 1 heterocycles. The molecule has 0 saturated heterocycles. The molecular formula is C17H20N2O3. The van der Waals surface area contributed by atoms with Gasteiger partial charge in [0.2, 0.25) is 0 Å². The van der Waals surface area contributed by atoms with Crippen molar-refractivity contribution in [3.05, 3.63) is 63.6 Å². The van der Waals surface area contributed by atoms with E-state index in [1.54, 1.807) is 26.0 Å². The van der Waals surface area contributed by atoms with Gasteiger partial charge in [-0.2, -0.15) is 0 Å². The number of H-pyrrole nitrogens is 1. The Kier molecular flexibility index (Phi) is 4.65. The summed E-state index contributed by atoms with van der Waals surface area (Å²) in [6, 6.07) is 10.2. The molecule has 0 aliphatic carbocycles. The normalized spacial score (nSPS) is 11.8. The number of methoxy groups -OCH3 is 1. The number of nitrogens with one attached hydrogen (secondary N) is 1. The quantitative estimate of drug-likeness (QED) is 0.943. The summed E-state index contributed by atoms with van der Waals surface area (Å²) in [7, 11) is 3.32. The molecular weight excluding hydrogens is 280 g/mol. The van der Waals surface area contributed by atoms with Gasteiger partial charge >= 0.3 is 0 Å². The lowest BCUT2D eigenvalue weighted by Gasteiger charge is -2.25. The number of rotatable bonds is 4. The summed E-state index contributed by atoms with van der Waals surface area (Å²) in [6.45, 7) is 3.68. The summed E-state index contributed by atoms with van der Waals surface area (Å²) in [5.41, 5.74) is 1.74. The van der Waals surface area contributed by atoms with Crippen molar-refractivity contribution >= 4 is 5.91 Å². The number of amides is 1. The van der Waals surface area contributed by atoms with E-state index < -0.39 is 0 Å². The molecule has 0 aliphatic rings. The van der Waals surface area contributed by atoms with Crippen LogP contribution < -0.4 is 10.2 Å². The maximum absolute atomic E-state index is 12.5. The topological polar surface area (TPSA) is 62.4 Å². The fraction of sp³-hybridized carbons (Fsp3) is 0.294. The number of aromatic nitrogens is 1. The first-order valence-electron chi connectivity index (χ1n) is 7.04. The van der Waals surface area contributed by atoms with E-state index >= 15 is 0 Å². The lowest BCUT2D eigenvalue weighted by atomic mass is 10.1. The fourth-order valence-corrected chi connectivity index (χ4v) is 2.29. The molecule has 0 unspecified atom stereocenters. The summed E-state index contributed by atoms with van der Waals surface area (Å²) >= 11 is 0. The smallest absolute Gasteiger partial charge is 0.270 e. The Labute approximate surface area is 129 Å². The van der Waals surface area contributed by atoms with E-state index in [2.05, 4.69) is 4.98 Å². The Bertz CT molecular complexity index is 737. The van der Waals surface area contributed by atoms with Crippen molar-refractivity contribution in [2.75, 3.05) is 14.2 Å². The van der Waals surface area contributed by atoms with Gasteiger partial charge in [-0.15, -0.1) is 0 Å². The molecule has 0 radical (unpaired) electrons. The standard InChI is InChI=1S/C17H20N2O3/c1-11-8-14(20)10-16(18-11)17(21)19(3)12(2)13-6-5-7-15(9-13)22-4/h5-10,12H,1-4H3,(H,18,20)/t12-/m1/s1. The molecule has 2 aromatic rings. The molecule has 0 bridgehead atoms. The van der Waals surface area contributed by atoms with Gasteiger partial charge in [0.25, 0.3) is 5.91 Å². The summed E-state index contributed by atoms with van der Waals surface area (Å²) in [4.78, 5) is 28.6. The number of aromatic amines is 1. The first-order chi connectivity index (χ1) is 10.4. The van der Waals surface area contributed by atoms with Crippen LogP contribution in [0, 0.1) is 6.92 Å². The number of carbonyl (C=O) groups excluding carboxylic acids is 1. The summed E-state index contributed by atoms with van der Waals surface area (Å²) < 4.78 is 5.21. The summed E-state index contributed by atoms with van der Waals surface area (Å²) in [5, 5.41) is 0. The molecule has 1 atom stereocenters. The fourth-order valence-electron chi connectivity index (χ4n) is 2.29. The van der Waals surface area contributed by atoms with Crippen LogP contribution in [0.2, 0.25) is 0 Å². The van der Waals surface area contributed by atoms with Crippen LogP contribution in [-0.4, -0.2) is 29.9 Å². The molecule has 1 aromatic heterocycles. The number of nitrogens with zero attached hydrogens (tertiary/aromatic N) is 1. The first-order valence-corrected chi connectivity index (χ1v) is 7.04. The molecule has 0 spiro atoms. The predicted octanol–water partition coefficient (Wildman–Crippen LogP) is 2.53. The van der Waals surface area contributed by atoms with Gasteiger partial charge in [-0.1, -0.05) is 12.1 Å². The number of hydrogen-bond acceptors (Lipinski definition) is 3. The predicted molar refractivity (Wildman–Crippen MR) is 85.3 cm³/mol.